The quantitative estimate of drug-likeness (QED) is 0.701. The molecule has 4 nitrogen and oxygen atoms in total. The molecule has 4 heteroatoms. The number of fused-ring (bicyclic) bond motifs is 3. The number of nitrogens with two attached hydrogens (primary N) is 1. The Morgan fingerprint density at radius 2 is 2.08 bits per heavy atom. The van der Waals surface area contributed by atoms with Gasteiger partial charge in [-0.3, -0.25) is 4.79 Å². The minimum atomic E-state index is 0.0000397. The molecule has 1 unspecified atom stereocenters. The molecule has 4 rings (SSSR count). The fourth-order valence-electron chi connectivity index (χ4n) is 3.98. The van der Waals surface area contributed by atoms with Crippen LogP contribution in [0.2, 0.25) is 0 Å². The van der Waals surface area contributed by atoms with Crippen molar-refractivity contribution in [3.8, 4) is 0 Å². The molecule has 3 aromatic rings. The lowest BCUT2D eigenvalue weighted by atomic mass is 9.85. The molecule has 0 spiro atoms. The Bertz CT molecular complexity index is 971. The van der Waals surface area contributed by atoms with Crippen molar-refractivity contribution in [2.75, 3.05) is 11.1 Å². The number of nitrogens with one attached hydrogen (secondary N) is 1. The molecule has 3 N–H and O–H groups in total. The van der Waals surface area contributed by atoms with Crippen LogP contribution < -0.4 is 11.1 Å². The molecule has 1 heterocycles. The summed E-state index contributed by atoms with van der Waals surface area (Å²) < 4.78 is 2.29. The van der Waals surface area contributed by atoms with Gasteiger partial charge in [-0.2, -0.15) is 0 Å². The second-order valence-corrected chi connectivity index (χ2v) is 7.06. The molecule has 128 valence electrons. The third kappa shape index (κ3) is 2.78. The number of anilines is 2. The van der Waals surface area contributed by atoms with E-state index in [1.165, 1.54) is 27.7 Å². The zero-order chi connectivity index (χ0) is 17.6. The Labute approximate surface area is 147 Å². The Morgan fingerprint density at radius 3 is 2.88 bits per heavy atom. The van der Waals surface area contributed by atoms with Crippen LogP contribution >= 0.6 is 0 Å². The van der Waals surface area contributed by atoms with E-state index in [0.29, 0.717) is 5.69 Å². The van der Waals surface area contributed by atoms with Crippen LogP contribution in [-0.4, -0.2) is 10.5 Å². The van der Waals surface area contributed by atoms with Crippen molar-refractivity contribution in [2.45, 2.75) is 26.2 Å². The predicted molar refractivity (Wildman–Crippen MR) is 103 cm³/mol. The van der Waals surface area contributed by atoms with E-state index in [2.05, 4.69) is 42.1 Å². The molecule has 1 aliphatic rings. The average Bonchev–Trinajstić information content (AvgIpc) is 2.86. The van der Waals surface area contributed by atoms with Crippen molar-refractivity contribution >= 4 is 28.2 Å². The summed E-state index contributed by atoms with van der Waals surface area (Å²) >= 11 is 0. The minimum absolute atomic E-state index is 0.0000397. The fraction of sp³-hybridized carbons (Fsp3) is 0.286. The smallest absolute Gasteiger partial charge is 0.227 e. The topological polar surface area (TPSA) is 60.0 Å². The number of carbonyl (C=O) groups excluding carboxylic acids is 1. The maximum Gasteiger partial charge on any atom is 0.227 e. The summed E-state index contributed by atoms with van der Waals surface area (Å²) in [6, 6.07) is 13.9. The first-order valence-corrected chi connectivity index (χ1v) is 8.76. The first kappa shape index (κ1) is 15.8. The molecule has 1 atom stereocenters. The molecule has 2 aromatic carbocycles. The standard InChI is InChI=1S/C21H23N3O/c1-13-6-8-19-17(10-13)18-11-14(7-9-20(18)24(19)2)21(25)23-16-5-3-4-15(22)12-16/h3-6,8,10,12,14H,7,9,11,22H2,1-2H3,(H,23,25). The van der Waals surface area contributed by atoms with E-state index in [4.69, 9.17) is 5.73 Å². The summed E-state index contributed by atoms with van der Waals surface area (Å²) in [7, 11) is 2.13. The number of hydrogen-bond donors (Lipinski definition) is 2. The van der Waals surface area contributed by atoms with Gasteiger partial charge < -0.3 is 15.6 Å². The molecule has 1 aromatic heterocycles. The van der Waals surface area contributed by atoms with Crippen molar-refractivity contribution in [1.82, 2.24) is 4.57 Å². The van der Waals surface area contributed by atoms with Gasteiger partial charge in [-0.15, -0.1) is 0 Å². The van der Waals surface area contributed by atoms with E-state index in [1.807, 2.05) is 18.2 Å². The number of nitrogens with zero attached hydrogens (tertiary/aromatic N) is 1. The van der Waals surface area contributed by atoms with Gasteiger partial charge in [0.15, 0.2) is 0 Å². The second kappa shape index (κ2) is 5.96. The van der Waals surface area contributed by atoms with Crippen LogP contribution in [0.1, 0.15) is 23.2 Å². The maximum atomic E-state index is 12.7. The zero-order valence-electron chi connectivity index (χ0n) is 14.7. The summed E-state index contributed by atoms with van der Waals surface area (Å²) in [5, 5.41) is 4.31. The van der Waals surface area contributed by atoms with Gasteiger partial charge in [0.2, 0.25) is 5.91 Å². The molecule has 0 saturated carbocycles. The highest BCUT2D eigenvalue weighted by Gasteiger charge is 2.28. The molecule has 1 amide bonds. The minimum Gasteiger partial charge on any atom is -0.399 e. The molecule has 0 bridgehead atoms. The van der Waals surface area contributed by atoms with Gasteiger partial charge in [0.05, 0.1) is 0 Å². The van der Waals surface area contributed by atoms with Crippen molar-refractivity contribution in [2.24, 2.45) is 13.0 Å². The van der Waals surface area contributed by atoms with E-state index in [-0.39, 0.29) is 11.8 Å². The maximum absolute atomic E-state index is 12.7. The van der Waals surface area contributed by atoms with Crippen molar-refractivity contribution in [1.29, 1.82) is 0 Å². The normalized spacial score (nSPS) is 16.6. The summed E-state index contributed by atoms with van der Waals surface area (Å²) in [5.41, 5.74) is 12.4. The third-order valence-electron chi connectivity index (χ3n) is 5.30. The monoisotopic (exact) mass is 333 g/mol. The zero-order valence-corrected chi connectivity index (χ0v) is 14.7. The van der Waals surface area contributed by atoms with Gasteiger partial charge in [0, 0.05) is 40.9 Å². The van der Waals surface area contributed by atoms with Gasteiger partial charge >= 0.3 is 0 Å². The lowest BCUT2D eigenvalue weighted by Gasteiger charge is -2.23. The number of hydrogen-bond acceptors (Lipinski definition) is 2. The van der Waals surface area contributed by atoms with Crippen LogP contribution in [0.15, 0.2) is 42.5 Å². The first-order valence-electron chi connectivity index (χ1n) is 8.76. The summed E-state index contributed by atoms with van der Waals surface area (Å²) in [6.45, 7) is 2.12. The highest BCUT2D eigenvalue weighted by Crippen LogP contribution is 2.34. The Balaban J connectivity index is 1.62. The summed E-state index contributed by atoms with van der Waals surface area (Å²) in [5.74, 6) is 0.0842. The van der Waals surface area contributed by atoms with E-state index in [0.717, 1.165) is 24.9 Å². The molecular weight excluding hydrogens is 310 g/mol. The predicted octanol–water partition coefficient (Wildman–Crippen LogP) is 3.81. The molecule has 0 fully saturated rings. The number of rotatable bonds is 2. The number of nitrogen functional groups attached to an aromatic ring is 1. The van der Waals surface area contributed by atoms with Gasteiger partial charge in [-0.25, -0.2) is 0 Å². The van der Waals surface area contributed by atoms with Crippen LogP contribution in [-0.2, 0) is 24.7 Å². The second-order valence-electron chi connectivity index (χ2n) is 7.06. The van der Waals surface area contributed by atoms with E-state index >= 15 is 0 Å². The lowest BCUT2D eigenvalue weighted by Crippen LogP contribution is -2.28. The molecule has 0 saturated heterocycles. The average molecular weight is 333 g/mol. The van der Waals surface area contributed by atoms with Gasteiger partial charge in [0.25, 0.3) is 0 Å². The van der Waals surface area contributed by atoms with E-state index < -0.39 is 0 Å². The molecule has 25 heavy (non-hydrogen) atoms. The van der Waals surface area contributed by atoms with Crippen molar-refractivity contribution in [3.05, 3.63) is 59.3 Å². The Morgan fingerprint density at radius 1 is 1.24 bits per heavy atom. The number of benzene rings is 2. The highest BCUT2D eigenvalue weighted by atomic mass is 16.1. The van der Waals surface area contributed by atoms with Crippen LogP contribution in [0.25, 0.3) is 10.9 Å². The number of amides is 1. The van der Waals surface area contributed by atoms with Gasteiger partial charge in [0.1, 0.15) is 0 Å². The lowest BCUT2D eigenvalue weighted by molar-refractivity contribution is -0.120. The van der Waals surface area contributed by atoms with Crippen molar-refractivity contribution in [3.63, 3.8) is 0 Å². The molecule has 0 aliphatic heterocycles. The summed E-state index contributed by atoms with van der Waals surface area (Å²) in [4.78, 5) is 12.7. The molecular formula is C21H23N3O. The number of aryl methyl sites for hydroxylation is 2. The number of carbonyl (C=O) groups is 1. The Kier molecular flexibility index (Phi) is 3.75. The van der Waals surface area contributed by atoms with Crippen LogP contribution in [0.3, 0.4) is 0 Å². The highest BCUT2D eigenvalue weighted by molar-refractivity contribution is 5.94. The van der Waals surface area contributed by atoms with Gasteiger partial charge in [-0.05, 0) is 62.1 Å². The SMILES string of the molecule is Cc1ccc2c(c1)c1c(n2C)CCC(C(=O)Nc2cccc(N)c2)C1. The molecule has 1 aliphatic carbocycles. The van der Waals surface area contributed by atoms with Gasteiger partial charge in [-0.1, -0.05) is 17.7 Å². The Hall–Kier alpha value is -2.75. The molecule has 0 radical (unpaired) electrons. The van der Waals surface area contributed by atoms with Crippen LogP contribution in [0.4, 0.5) is 11.4 Å². The van der Waals surface area contributed by atoms with E-state index in [9.17, 15) is 4.79 Å². The van der Waals surface area contributed by atoms with Crippen molar-refractivity contribution < 1.29 is 4.79 Å². The third-order valence-corrected chi connectivity index (χ3v) is 5.30. The van der Waals surface area contributed by atoms with Crippen LogP contribution in [0, 0.1) is 12.8 Å². The number of aromatic nitrogens is 1. The summed E-state index contributed by atoms with van der Waals surface area (Å²) in [6.07, 6.45) is 2.61. The fourth-order valence-corrected chi connectivity index (χ4v) is 3.98. The largest absolute Gasteiger partial charge is 0.399 e. The van der Waals surface area contributed by atoms with E-state index in [1.54, 1.807) is 6.07 Å². The van der Waals surface area contributed by atoms with Crippen LogP contribution in [0.5, 0.6) is 0 Å². The first-order chi connectivity index (χ1) is 12.0.